The lowest BCUT2D eigenvalue weighted by Gasteiger charge is -2.34. The second kappa shape index (κ2) is 10.9. The maximum Gasteiger partial charge on any atom is 0.422 e. The molecule has 1 aromatic carbocycles. The first-order valence-electron chi connectivity index (χ1n) is 10.6. The average Bonchev–Trinajstić information content (AvgIpc) is 2.45. The highest BCUT2D eigenvalue weighted by Crippen LogP contribution is 2.58. The lowest BCUT2D eigenvalue weighted by molar-refractivity contribution is -0.153. The molecular formula is C22H38BF6O2P. The molecule has 188 valence electrons. The van der Waals surface area contributed by atoms with E-state index in [1.807, 2.05) is 41.5 Å². The normalized spacial score (nSPS) is 13.5. The van der Waals surface area contributed by atoms with E-state index in [9.17, 15) is 26.3 Å². The van der Waals surface area contributed by atoms with Crippen LogP contribution >= 0.6 is 7.92 Å². The fourth-order valence-corrected chi connectivity index (χ4v) is 7.76. The highest BCUT2D eigenvalue weighted by Gasteiger charge is 2.44. The van der Waals surface area contributed by atoms with Gasteiger partial charge in [-0.25, -0.2) is 0 Å². The molecule has 0 aliphatic heterocycles. The quantitative estimate of drug-likeness (QED) is 0.237. The number of rotatable bonds is 5. The molecule has 0 saturated carbocycles. The molecule has 0 bridgehead atoms. The van der Waals surface area contributed by atoms with Crippen molar-refractivity contribution >= 4 is 19.4 Å². The van der Waals surface area contributed by atoms with Gasteiger partial charge in [0.15, 0.2) is 13.2 Å². The lowest BCUT2D eigenvalue weighted by atomic mass is 9.32. The molecule has 0 radical (unpaired) electrons. The van der Waals surface area contributed by atoms with Gasteiger partial charge in [0.2, 0.25) is 0 Å². The molecule has 0 fully saturated rings. The number of hydrogen-bond acceptors (Lipinski definition) is 2. The fourth-order valence-electron chi connectivity index (χ4n) is 3.20. The molecule has 0 aromatic heterocycles. The van der Waals surface area contributed by atoms with Crippen LogP contribution in [0.15, 0.2) is 18.2 Å². The van der Waals surface area contributed by atoms with E-state index in [2.05, 4.69) is 27.3 Å². The molecule has 32 heavy (non-hydrogen) atoms. The number of hydrogen-bond donors (Lipinski definition) is 0. The third kappa shape index (κ3) is 14.9. The summed E-state index contributed by atoms with van der Waals surface area (Å²) in [4.78, 5) is 0. The van der Waals surface area contributed by atoms with Crippen molar-refractivity contribution < 1.29 is 35.8 Å². The summed E-state index contributed by atoms with van der Waals surface area (Å²) in [6.45, 7) is 18.0. The highest BCUT2D eigenvalue weighted by atomic mass is 31.1. The van der Waals surface area contributed by atoms with Crippen molar-refractivity contribution in [1.82, 2.24) is 0 Å². The van der Waals surface area contributed by atoms with E-state index in [1.54, 1.807) is 0 Å². The Kier molecular flexibility index (Phi) is 10.5. The Morgan fingerprint density at radius 3 is 1.16 bits per heavy atom. The first-order chi connectivity index (χ1) is 13.9. The topological polar surface area (TPSA) is 18.5 Å². The monoisotopic (exact) mass is 490 g/mol. The molecule has 0 spiro atoms. The van der Waals surface area contributed by atoms with Gasteiger partial charge in [0.1, 0.15) is 11.5 Å². The summed E-state index contributed by atoms with van der Waals surface area (Å²) < 4.78 is 84.5. The van der Waals surface area contributed by atoms with Crippen molar-refractivity contribution in [2.24, 2.45) is 0 Å². The van der Waals surface area contributed by atoms with E-state index in [0.29, 0.717) is 5.30 Å². The van der Waals surface area contributed by atoms with Gasteiger partial charge in [0.05, 0.1) is 15.6 Å². The summed E-state index contributed by atoms with van der Waals surface area (Å²) in [7, 11) is -1.43. The number of alkyl halides is 6. The smallest absolute Gasteiger partial charge is 0.422 e. The Morgan fingerprint density at radius 1 is 0.656 bits per heavy atom. The van der Waals surface area contributed by atoms with Crippen LogP contribution in [-0.4, -0.2) is 42.0 Å². The predicted octanol–water partition coefficient (Wildman–Crippen LogP) is 7.96. The molecule has 2 nitrogen and oxygen atoms in total. The predicted molar refractivity (Wildman–Crippen MR) is 126 cm³/mol. The summed E-state index contributed by atoms with van der Waals surface area (Å²) in [5.74, 6) is -0.309. The minimum Gasteiger partial charge on any atom is -0.484 e. The Morgan fingerprint density at radius 2 is 0.938 bits per heavy atom. The lowest BCUT2D eigenvalue weighted by Crippen LogP contribution is -2.31. The van der Waals surface area contributed by atoms with Crippen molar-refractivity contribution in [1.29, 1.82) is 0 Å². The van der Waals surface area contributed by atoms with Crippen molar-refractivity contribution in [3.63, 3.8) is 0 Å². The van der Waals surface area contributed by atoms with Crippen molar-refractivity contribution in [2.75, 3.05) is 13.2 Å². The molecule has 0 aliphatic carbocycles. The third-order valence-electron chi connectivity index (χ3n) is 3.47. The average molecular weight is 490 g/mol. The minimum absolute atomic E-state index is 0. The maximum atomic E-state index is 12.5. The van der Waals surface area contributed by atoms with Crippen LogP contribution in [0.4, 0.5) is 26.3 Å². The molecule has 1 aromatic rings. The zero-order chi connectivity index (χ0) is 25.8. The molecule has 1 rings (SSSR count). The van der Waals surface area contributed by atoms with Crippen LogP contribution in [0.2, 0.25) is 27.3 Å². The maximum absolute atomic E-state index is 12.5. The van der Waals surface area contributed by atoms with E-state index in [4.69, 9.17) is 9.47 Å². The molecule has 0 N–H and O–H groups in total. The van der Waals surface area contributed by atoms with Gasteiger partial charge in [0.25, 0.3) is 0 Å². The zero-order valence-electron chi connectivity index (χ0n) is 20.8. The SMILES string of the molecule is CC(C)(C)[PH+](c1cc(OCC(F)(F)F)cc(OCC(F)(F)F)c1)C(C)(C)C.C[B-](C)(C)C. The summed E-state index contributed by atoms with van der Waals surface area (Å²) in [6.07, 6.45) is -9.10. The molecule has 10 heteroatoms. The van der Waals surface area contributed by atoms with Crippen LogP contribution in [0.5, 0.6) is 11.5 Å². The van der Waals surface area contributed by atoms with E-state index in [-0.39, 0.29) is 28.0 Å². The van der Waals surface area contributed by atoms with Gasteiger partial charge in [-0.2, -0.15) is 53.6 Å². The van der Waals surface area contributed by atoms with Gasteiger partial charge < -0.3 is 9.47 Å². The van der Waals surface area contributed by atoms with E-state index >= 15 is 0 Å². The Hall–Kier alpha value is -1.11. The van der Waals surface area contributed by atoms with Crippen molar-refractivity contribution in [3.8, 4) is 11.5 Å². The largest absolute Gasteiger partial charge is 0.484 e. The van der Waals surface area contributed by atoms with Crippen LogP contribution in [0.3, 0.4) is 0 Å². The molecule has 0 amide bonds. The van der Waals surface area contributed by atoms with Gasteiger partial charge in [-0.05, 0) is 47.7 Å². The number of benzene rings is 1. The summed E-state index contributed by atoms with van der Waals surface area (Å²) in [6, 6.07) is 4.03. The third-order valence-corrected chi connectivity index (χ3v) is 7.34. The molecular weight excluding hydrogens is 452 g/mol. The Bertz CT molecular complexity index is 657. The summed E-state index contributed by atoms with van der Waals surface area (Å²) in [5, 5.41) is 0.261. The van der Waals surface area contributed by atoms with Crippen LogP contribution in [-0.2, 0) is 0 Å². The minimum atomic E-state index is -4.55. The summed E-state index contributed by atoms with van der Waals surface area (Å²) in [5.41, 5.74) is 0. The van der Waals surface area contributed by atoms with Gasteiger partial charge in [-0.3, -0.25) is 0 Å². The van der Waals surface area contributed by atoms with Gasteiger partial charge in [0, 0.05) is 26.1 Å². The van der Waals surface area contributed by atoms with Crippen molar-refractivity contribution in [3.05, 3.63) is 18.2 Å². The first-order valence-corrected chi connectivity index (χ1v) is 12.1. The Balaban J connectivity index is 0.00000172. The van der Waals surface area contributed by atoms with Gasteiger partial charge in [-0.1, -0.05) is 0 Å². The first kappa shape index (κ1) is 30.9. The van der Waals surface area contributed by atoms with E-state index in [1.165, 1.54) is 12.1 Å². The van der Waals surface area contributed by atoms with Crippen LogP contribution in [0.25, 0.3) is 0 Å². The standard InChI is InChI=1S/C18H25F6O2P.C4H12B/c1-15(2,3)27(16(4,5)6)14-8-12(25-10-17(19,20)21)7-13(9-14)26-11-18(22,23)24;1-5(2,3)4/h7-9H,10-11H2,1-6H3;1-4H3/q;-1/p+1. The van der Waals surface area contributed by atoms with Crippen LogP contribution < -0.4 is 14.8 Å². The molecule has 0 atom stereocenters. The second-order valence-electron chi connectivity index (χ2n) is 11.8. The number of ether oxygens (including phenoxy) is 2. The van der Waals surface area contributed by atoms with Crippen molar-refractivity contribution in [2.45, 2.75) is 91.5 Å². The highest BCUT2D eigenvalue weighted by molar-refractivity contribution is 7.68. The molecule has 0 aliphatic rings. The zero-order valence-corrected chi connectivity index (χ0v) is 21.8. The van der Waals surface area contributed by atoms with E-state index < -0.39 is 33.5 Å². The van der Waals surface area contributed by atoms with Crippen LogP contribution in [0.1, 0.15) is 41.5 Å². The Labute approximate surface area is 190 Å². The second-order valence-corrected chi connectivity index (χ2v) is 16.2. The summed E-state index contributed by atoms with van der Waals surface area (Å²) >= 11 is 0. The van der Waals surface area contributed by atoms with Crippen LogP contribution in [0, 0.1) is 0 Å². The number of halogens is 6. The van der Waals surface area contributed by atoms with Gasteiger partial charge >= 0.3 is 12.4 Å². The molecule has 0 saturated heterocycles. The van der Waals surface area contributed by atoms with Gasteiger partial charge in [-0.15, -0.1) is 0 Å². The molecule has 0 heterocycles. The molecule has 0 unspecified atom stereocenters. The fraction of sp³-hybridized carbons (Fsp3) is 0.727. The van der Waals surface area contributed by atoms with E-state index in [0.717, 1.165) is 6.07 Å².